The average molecular weight is 264 g/mol. The topological polar surface area (TPSA) is 55.7 Å². The zero-order valence-corrected chi connectivity index (χ0v) is 11.2. The van der Waals surface area contributed by atoms with Crippen LogP contribution in [0.3, 0.4) is 0 Å². The number of carbonyl (C=O) groups is 1. The predicted octanol–water partition coefficient (Wildman–Crippen LogP) is 3.65. The zero-order chi connectivity index (χ0) is 12.9. The van der Waals surface area contributed by atoms with Crippen molar-refractivity contribution in [2.45, 2.75) is 56.7 Å². The van der Waals surface area contributed by atoms with Crippen LogP contribution >= 0.6 is 11.6 Å². The van der Waals surface area contributed by atoms with Gasteiger partial charge in [0.05, 0.1) is 19.0 Å². The van der Waals surface area contributed by atoms with E-state index in [1.165, 1.54) is 7.11 Å². The van der Waals surface area contributed by atoms with Crippen LogP contribution in [0.25, 0.3) is 0 Å². The maximum absolute atomic E-state index is 10.8. The van der Waals surface area contributed by atoms with Gasteiger partial charge in [0.1, 0.15) is 0 Å². The Morgan fingerprint density at radius 3 is 2.35 bits per heavy atom. The fraction of sp³-hybridized carbons (Fsp3) is 0.917. The third-order valence-corrected chi connectivity index (χ3v) is 3.00. The van der Waals surface area contributed by atoms with E-state index in [2.05, 4.69) is 9.91 Å². The number of rotatable bonds is 11. The van der Waals surface area contributed by atoms with Gasteiger partial charge in [-0.2, -0.15) is 4.91 Å². The minimum absolute atomic E-state index is 0.105. The third kappa shape index (κ3) is 11.6. The van der Waals surface area contributed by atoms with Crippen molar-refractivity contribution in [3.63, 3.8) is 0 Å². The average Bonchev–Trinajstić information content (AvgIpc) is 2.32. The van der Waals surface area contributed by atoms with Gasteiger partial charge in [0.25, 0.3) is 0 Å². The Labute approximate surface area is 108 Å². The number of alkyl halides is 1. The first-order chi connectivity index (χ1) is 8.20. The molecule has 100 valence electrons. The van der Waals surface area contributed by atoms with Gasteiger partial charge in [0.15, 0.2) is 0 Å². The Balaban J connectivity index is 3.13. The van der Waals surface area contributed by atoms with Gasteiger partial charge in [-0.15, -0.1) is 11.6 Å². The van der Waals surface area contributed by atoms with Crippen molar-refractivity contribution in [1.82, 2.24) is 0 Å². The van der Waals surface area contributed by atoms with Crippen LogP contribution in [0.4, 0.5) is 0 Å². The second-order valence-corrected chi connectivity index (χ2v) is 4.76. The molecular weight excluding hydrogens is 242 g/mol. The summed E-state index contributed by atoms with van der Waals surface area (Å²) in [6.07, 6.45) is 7.80. The molecule has 0 N–H and O–H groups in total. The Morgan fingerprint density at radius 2 is 1.76 bits per heavy atom. The summed E-state index contributed by atoms with van der Waals surface area (Å²) in [5, 5.41) is 2.67. The van der Waals surface area contributed by atoms with Gasteiger partial charge in [0.2, 0.25) is 0 Å². The van der Waals surface area contributed by atoms with Crippen LogP contribution in [-0.4, -0.2) is 25.0 Å². The lowest BCUT2D eigenvalue weighted by Gasteiger charge is -2.04. The van der Waals surface area contributed by atoms with Gasteiger partial charge in [-0.05, 0) is 12.8 Å². The lowest BCUT2D eigenvalue weighted by atomic mass is 10.1. The van der Waals surface area contributed by atoms with Crippen LogP contribution in [-0.2, 0) is 9.53 Å². The maximum Gasteiger partial charge on any atom is 0.305 e. The SMILES string of the molecule is COC(=O)CCCCCCCCC(Cl)CN=O. The molecule has 0 rings (SSSR count). The van der Waals surface area contributed by atoms with Crippen LogP contribution in [0.2, 0.25) is 0 Å². The van der Waals surface area contributed by atoms with E-state index in [4.69, 9.17) is 11.6 Å². The summed E-state index contributed by atoms with van der Waals surface area (Å²) in [5.41, 5.74) is 0. The highest BCUT2D eigenvalue weighted by molar-refractivity contribution is 6.20. The number of halogens is 1. The standard InChI is InChI=1S/C12H22ClNO3/c1-17-12(15)9-7-5-3-2-4-6-8-11(13)10-14-16/h11H,2-10H2,1H3. The first-order valence-electron chi connectivity index (χ1n) is 6.20. The van der Waals surface area contributed by atoms with Gasteiger partial charge in [0, 0.05) is 6.42 Å². The highest BCUT2D eigenvalue weighted by Gasteiger charge is 2.03. The molecule has 0 aliphatic rings. The molecule has 0 aromatic heterocycles. The summed E-state index contributed by atoms with van der Waals surface area (Å²) >= 11 is 5.85. The summed E-state index contributed by atoms with van der Waals surface area (Å²) in [4.78, 5) is 20.7. The summed E-state index contributed by atoms with van der Waals surface area (Å²) in [7, 11) is 1.42. The molecule has 0 bridgehead atoms. The smallest absolute Gasteiger partial charge is 0.305 e. The minimum atomic E-state index is -0.128. The van der Waals surface area contributed by atoms with E-state index in [1.807, 2.05) is 0 Å². The molecule has 1 atom stereocenters. The van der Waals surface area contributed by atoms with Crippen molar-refractivity contribution in [2.24, 2.45) is 5.18 Å². The third-order valence-electron chi connectivity index (χ3n) is 2.65. The van der Waals surface area contributed by atoms with E-state index in [0.29, 0.717) is 6.42 Å². The second kappa shape index (κ2) is 11.8. The number of hydrogen-bond acceptors (Lipinski definition) is 4. The molecule has 4 nitrogen and oxygen atoms in total. The van der Waals surface area contributed by atoms with E-state index < -0.39 is 0 Å². The quantitative estimate of drug-likeness (QED) is 0.247. The van der Waals surface area contributed by atoms with Crippen LogP contribution < -0.4 is 0 Å². The molecule has 0 heterocycles. The van der Waals surface area contributed by atoms with E-state index >= 15 is 0 Å². The molecule has 0 amide bonds. The Bertz CT molecular complexity index is 212. The largest absolute Gasteiger partial charge is 0.469 e. The van der Waals surface area contributed by atoms with Crippen molar-refractivity contribution < 1.29 is 9.53 Å². The second-order valence-electron chi connectivity index (χ2n) is 4.15. The van der Waals surface area contributed by atoms with Crippen LogP contribution in [0.5, 0.6) is 0 Å². The monoisotopic (exact) mass is 263 g/mol. The Morgan fingerprint density at radius 1 is 1.18 bits per heavy atom. The molecule has 0 aromatic rings. The van der Waals surface area contributed by atoms with Gasteiger partial charge < -0.3 is 4.74 Å². The fourth-order valence-corrected chi connectivity index (χ4v) is 1.83. The maximum atomic E-state index is 10.8. The van der Waals surface area contributed by atoms with Crippen LogP contribution in [0.15, 0.2) is 5.18 Å². The van der Waals surface area contributed by atoms with Gasteiger partial charge >= 0.3 is 5.97 Å². The number of nitroso groups, excluding NO2 is 1. The Kier molecular flexibility index (Phi) is 11.4. The van der Waals surface area contributed by atoms with Crippen molar-refractivity contribution in [2.75, 3.05) is 13.7 Å². The summed E-state index contributed by atoms with van der Waals surface area (Å²) in [6.45, 7) is 0.209. The first kappa shape index (κ1) is 16.4. The molecule has 0 saturated heterocycles. The molecule has 1 unspecified atom stereocenters. The normalized spacial score (nSPS) is 12.1. The van der Waals surface area contributed by atoms with E-state index in [0.717, 1.165) is 44.9 Å². The number of carbonyl (C=O) groups excluding carboxylic acids is 1. The number of esters is 1. The van der Waals surface area contributed by atoms with Crippen molar-refractivity contribution >= 4 is 17.6 Å². The molecule has 0 aliphatic carbocycles. The lowest BCUT2D eigenvalue weighted by Crippen LogP contribution is -2.02. The number of nitrogens with zero attached hydrogens (tertiary/aromatic N) is 1. The summed E-state index contributed by atoms with van der Waals surface area (Å²) in [5.74, 6) is -0.128. The van der Waals surface area contributed by atoms with Gasteiger partial charge in [-0.25, -0.2) is 0 Å². The van der Waals surface area contributed by atoms with Gasteiger partial charge in [-0.3, -0.25) is 4.79 Å². The summed E-state index contributed by atoms with van der Waals surface area (Å²) in [6, 6.07) is 0. The number of hydrogen-bond donors (Lipinski definition) is 0. The highest BCUT2D eigenvalue weighted by Crippen LogP contribution is 2.12. The van der Waals surface area contributed by atoms with Crippen molar-refractivity contribution in [3.8, 4) is 0 Å². The van der Waals surface area contributed by atoms with Crippen molar-refractivity contribution in [3.05, 3.63) is 4.91 Å². The first-order valence-corrected chi connectivity index (χ1v) is 6.64. The van der Waals surface area contributed by atoms with E-state index in [-0.39, 0.29) is 17.9 Å². The minimum Gasteiger partial charge on any atom is -0.469 e. The Hall–Kier alpha value is -0.640. The molecule has 0 fully saturated rings. The fourth-order valence-electron chi connectivity index (χ4n) is 1.62. The summed E-state index contributed by atoms with van der Waals surface area (Å²) < 4.78 is 4.56. The van der Waals surface area contributed by atoms with Crippen molar-refractivity contribution in [1.29, 1.82) is 0 Å². The zero-order valence-electron chi connectivity index (χ0n) is 10.5. The highest BCUT2D eigenvalue weighted by atomic mass is 35.5. The molecule has 0 radical (unpaired) electrons. The predicted molar refractivity (Wildman–Crippen MR) is 69.3 cm³/mol. The number of methoxy groups -OCH3 is 1. The van der Waals surface area contributed by atoms with Crippen LogP contribution in [0.1, 0.15) is 51.4 Å². The molecule has 0 spiro atoms. The molecule has 0 aromatic carbocycles. The molecular formula is C12H22ClNO3. The molecule has 17 heavy (non-hydrogen) atoms. The molecule has 5 heteroatoms. The number of ether oxygens (including phenoxy) is 1. The van der Waals surface area contributed by atoms with Crippen LogP contribution in [0, 0.1) is 4.91 Å². The van der Waals surface area contributed by atoms with E-state index in [1.54, 1.807) is 0 Å². The molecule has 0 aliphatic heterocycles. The number of unbranched alkanes of at least 4 members (excludes halogenated alkanes) is 5. The lowest BCUT2D eigenvalue weighted by molar-refractivity contribution is -0.140. The molecule has 0 saturated carbocycles. The van der Waals surface area contributed by atoms with E-state index in [9.17, 15) is 9.70 Å². The van der Waals surface area contributed by atoms with Gasteiger partial charge in [-0.1, -0.05) is 37.3 Å².